The average Bonchev–Trinajstić information content (AvgIpc) is 3.72. The summed E-state index contributed by atoms with van der Waals surface area (Å²) in [7, 11) is -13.4. The summed E-state index contributed by atoms with van der Waals surface area (Å²) in [6.07, 6.45) is 8.80. The van der Waals surface area contributed by atoms with Crippen LogP contribution >= 0.6 is 0 Å². The van der Waals surface area contributed by atoms with Crippen LogP contribution in [0.4, 0.5) is 17.3 Å². The normalized spacial score (nSPS) is 11.1. The van der Waals surface area contributed by atoms with Crippen LogP contribution in [0.3, 0.4) is 0 Å². The van der Waals surface area contributed by atoms with E-state index in [0.717, 1.165) is 18.9 Å². The fraction of sp³-hybridized carbons (Fsp3) is 0.0741. The molecule has 4 heterocycles. The van der Waals surface area contributed by atoms with E-state index in [9.17, 15) is 38.9 Å². The van der Waals surface area contributed by atoms with Crippen molar-refractivity contribution in [2.45, 2.75) is 23.6 Å². The molecule has 46 heavy (non-hydrogen) atoms. The quantitative estimate of drug-likeness (QED) is 0.174. The van der Waals surface area contributed by atoms with Gasteiger partial charge in [0.05, 0.1) is 23.4 Å². The number of nitrogens with zero attached hydrogens (tertiary/aromatic N) is 6. The molecular weight excluding hydrogens is 747 g/mol. The summed E-state index contributed by atoms with van der Waals surface area (Å²) in [5.74, 6) is 0.167. The summed E-state index contributed by atoms with van der Waals surface area (Å²) in [5, 5.41) is 9.11. The predicted molar refractivity (Wildman–Crippen MR) is 160 cm³/mol. The molecule has 0 saturated carbocycles. The number of Topliss-reactive ketones (excluding diaryl/α,β-unsaturated/α-hetero) is 1. The molecule has 0 N–H and O–H groups in total. The summed E-state index contributed by atoms with van der Waals surface area (Å²) in [4.78, 5) is 18.0. The van der Waals surface area contributed by atoms with Gasteiger partial charge in [-0.15, -0.1) is 0 Å². The number of halogens is 4. The van der Waals surface area contributed by atoms with E-state index in [0.29, 0.717) is 11.0 Å². The molecule has 0 unspecified atom stereocenters. The van der Waals surface area contributed by atoms with Crippen LogP contribution in [0.2, 0.25) is 0 Å². The van der Waals surface area contributed by atoms with Crippen molar-refractivity contribution in [2.24, 2.45) is 0 Å². The number of benzene rings is 2. The van der Waals surface area contributed by atoms with Crippen molar-refractivity contribution in [3.63, 3.8) is 0 Å². The van der Waals surface area contributed by atoms with Crippen LogP contribution in [0.15, 0.2) is 120 Å². The number of pyridine rings is 2. The fourth-order valence-electron chi connectivity index (χ4n) is 3.56. The Morgan fingerprint density at radius 3 is 1.24 bits per heavy atom. The molecule has 6 rings (SSSR count). The number of carbonyl (C=O) groups is 1. The average molecular weight is 771 g/mol. The molecule has 2 aromatic carbocycles. The van der Waals surface area contributed by atoms with Crippen LogP contribution in [-0.4, -0.2) is 58.2 Å². The molecule has 11 nitrogen and oxygen atoms in total. The van der Waals surface area contributed by atoms with E-state index in [1.807, 2.05) is 24.3 Å². The molecule has 0 aliphatic rings. The number of aromatic nitrogens is 6. The molecule has 0 bridgehead atoms. The molecule has 0 aliphatic heterocycles. The van der Waals surface area contributed by atoms with E-state index in [1.165, 1.54) is 50.8 Å². The maximum Gasteiger partial charge on any atom is 1.00 e. The van der Waals surface area contributed by atoms with E-state index in [1.54, 1.807) is 48.8 Å². The van der Waals surface area contributed by atoms with Gasteiger partial charge in [-0.3, -0.25) is 9.97 Å². The number of para-hydroxylation sites is 2. The molecular formula is C27H24AgBF4N6O5S2. The van der Waals surface area contributed by atoms with Gasteiger partial charge >= 0.3 is 29.6 Å². The maximum absolute atomic E-state index is 12.4. The van der Waals surface area contributed by atoms with Gasteiger partial charge in [0.1, 0.15) is 15.6 Å². The minimum Gasteiger partial charge on any atom is -0.418 e. The van der Waals surface area contributed by atoms with Crippen LogP contribution in [0.1, 0.15) is 13.8 Å². The Kier molecular flexibility index (Phi) is 13.5. The predicted octanol–water partition coefficient (Wildman–Crippen LogP) is 5.23. The van der Waals surface area contributed by atoms with E-state index in [-0.39, 0.29) is 38.0 Å². The first kappa shape index (κ1) is 38.0. The van der Waals surface area contributed by atoms with Crippen LogP contribution in [0.5, 0.6) is 0 Å². The zero-order valence-electron chi connectivity index (χ0n) is 23.8. The number of ketones is 1. The third-order valence-corrected chi connectivity index (χ3v) is 8.39. The molecule has 0 aliphatic carbocycles. The molecule has 0 saturated heterocycles. The van der Waals surface area contributed by atoms with Gasteiger partial charge in [-0.05, 0) is 50.2 Å². The zero-order chi connectivity index (χ0) is 33.3. The second kappa shape index (κ2) is 16.4. The van der Waals surface area contributed by atoms with Crippen molar-refractivity contribution in [1.82, 2.24) is 28.3 Å². The first-order valence-corrected chi connectivity index (χ1v) is 15.5. The fourth-order valence-corrected chi connectivity index (χ4v) is 6.12. The second-order valence-corrected chi connectivity index (χ2v) is 12.4. The molecule has 19 heteroatoms. The van der Waals surface area contributed by atoms with Crippen molar-refractivity contribution in [1.29, 1.82) is 0 Å². The molecule has 6 aromatic rings. The van der Waals surface area contributed by atoms with E-state index < -0.39 is 27.3 Å². The number of hydrogen-bond acceptors (Lipinski definition) is 9. The number of fused-ring (bicyclic) bond motifs is 2. The standard InChI is InChI=1S/2C12H9N3O2S.C3H6O.Ag.BF4/c2*16-18(17,15-9-3-8-14-15)11-6-1-4-10-5-2-7-13-12(10)11;1-3(2)4;;2-1(3,4)5/h2*1-9H;1-2H3;;/q;;;+1;-1. The second-order valence-electron chi connectivity index (χ2n) is 8.83. The summed E-state index contributed by atoms with van der Waals surface area (Å²) in [5.41, 5.74) is 0.908. The molecule has 0 amide bonds. The summed E-state index contributed by atoms with van der Waals surface area (Å²) in [6.45, 7) is 3.06. The topological polar surface area (TPSA) is 147 Å². The van der Waals surface area contributed by atoms with Crippen LogP contribution in [-0.2, 0) is 47.2 Å². The summed E-state index contributed by atoms with van der Waals surface area (Å²) >= 11 is 0. The molecule has 4 aromatic heterocycles. The third kappa shape index (κ3) is 10.4. The van der Waals surface area contributed by atoms with Gasteiger partial charge in [0.25, 0.3) is 20.0 Å². The molecule has 0 radical (unpaired) electrons. The Balaban J connectivity index is 0.000000250. The number of rotatable bonds is 4. The Labute approximate surface area is 277 Å². The Hall–Kier alpha value is -4.22. The Morgan fingerprint density at radius 2 is 0.935 bits per heavy atom. The van der Waals surface area contributed by atoms with Gasteiger partial charge in [-0.1, -0.05) is 36.4 Å². The molecule has 0 spiro atoms. The smallest absolute Gasteiger partial charge is 0.418 e. The Bertz CT molecular complexity index is 1940. The van der Waals surface area contributed by atoms with Crippen molar-refractivity contribution >= 4 is 54.9 Å². The van der Waals surface area contributed by atoms with E-state index in [2.05, 4.69) is 20.2 Å². The van der Waals surface area contributed by atoms with Gasteiger partial charge in [-0.2, -0.15) is 35.2 Å². The third-order valence-electron chi connectivity index (χ3n) is 5.20. The minimum absolute atomic E-state index is 0. The first-order valence-electron chi connectivity index (χ1n) is 12.6. The summed E-state index contributed by atoms with van der Waals surface area (Å²) < 4.78 is 90.4. The van der Waals surface area contributed by atoms with Crippen molar-refractivity contribution in [3.8, 4) is 0 Å². The minimum atomic E-state index is -6.00. The molecule has 246 valence electrons. The zero-order valence-corrected chi connectivity index (χ0v) is 26.9. The van der Waals surface area contributed by atoms with Gasteiger partial charge in [0.15, 0.2) is 0 Å². The van der Waals surface area contributed by atoms with Crippen LogP contribution in [0.25, 0.3) is 21.8 Å². The summed E-state index contributed by atoms with van der Waals surface area (Å²) in [6, 6.07) is 20.4. The number of carbonyl (C=O) groups excluding carboxylic acids is 1. The van der Waals surface area contributed by atoms with Crippen LogP contribution < -0.4 is 0 Å². The van der Waals surface area contributed by atoms with Gasteiger partial charge in [0, 0.05) is 35.6 Å². The first-order chi connectivity index (χ1) is 21.1. The Morgan fingerprint density at radius 1 is 0.609 bits per heavy atom. The van der Waals surface area contributed by atoms with E-state index >= 15 is 0 Å². The van der Waals surface area contributed by atoms with Crippen molar-refractivity contribution < 1.29 is 61.3 Å². The van der Waals surface area contributed by atoms with Crippen LogP contribution in [0, 0.1) is 0 Å². The molecule has 0 atom stereocenters. The van der Waals surface area contributed by atoms with Gasteiger partial charge in [0.2, 0.25) is 0 Å². The van der Waals surface area contributed by atoms with Crippen molar-refractivity contribution in [3.05, 3.63) is 110 Å². The van der Waals surface area contributed by atoms with Gasteiger partial charge < -0.3 is 22.1 Å². The largest absolute Gasteiger partial charge is 1.00 e. The molecule has 0 fully saturated rings. The maximum atomic E-state index is 12.4. The number of hydrogen-bond donors (Lipinski definition) is 0. The SMILES string of the molecule is CC(C)=O.F[B-](F)(F)F.O=S(=O)(c1cccc2cccnc12)n1cccn1.O=S(=O)(c1cccc2cccnc12)n1cccn1.[Ag+]. The van der Waals surface area contributed by atoms with Crippen molar-refractivity contribution in [2.75, 3.05) is 0 Å². The van der Waals surface area contributed by atoms with Gasteiger partial charge in [-0.25, -0.2) is 0 Å². The monoisotopic (exact) mass is 770 g/mol. The van der Waals surface area contributed by atoms with E-state index in [4.69, 9.17) is 0 Å².